The maximum absolute atomic E-state index is 13.2. The standard InChI is InChI=1S/C27H44O6.C27H44O5.C24H38O6.C23H38O4.8CH4/c1-4-18-24-21-15-17(26(32-21)25(24)19(5-2)30-18)20(31-23-11-7-10-14-29-23)16-22(28)33-27(6-3)12-8-9-13-27;1-4-19-23-21-14-17(25(31-21)24(23)20(5-2)30-19)15-26(3,29)16-22(28)32-27(12-8-9-13-27)18-10-6-7-11-18;1-5-16-21-19-12-15(23(29-19)22(21)17(6-2)28-16)18(27-14(4)25)13-20(26)30-24(7-3)10-8-9-11-24;1-5-16-19-18-13-15(21(26-18)20(19)17(6-2)25-16)14(4)22(24)27-23(7-3)11-9-8-10-12-23;;;;;;;;/h17-21,23-26H,4-16H2,1-3H3;17-21,23-25,29H,4-16H2,1-3H3;15-19,21-23H,5-13H2,1-4H3;14-21H,5-13H2,1-4H3;8*1H4. The van der Waals surface area contributed by atoms with E-state index in [9.17, 15) is 29.1 Å². The Bertz CT molecular complexity index is 3400. The van der Waals surface area contributed by atoms with Gasteiger partial charge in [-0.2, -0.15) is 0 Å². The molecule has 0 aromatic carbocycles. The molecule has 21 heteroatoms. The monoisotopic (exact) mass is 1840 g/mol. The maximum Gasteiger partial charge on any atom is 0.310 e. The third-order valence-corrected chi connectivity index (χ3v) is 35.5. The van der Waals surface area contributed by atoms with E-state index in [0.717, 1.165) is 212 Å². The van der Waals surface area contributed by atoms with Crippen LogP contribution < -0.4 is 0 Å². The van der Waals surface area contributed by atoms with Crippen molar-refractivity contribution in [2.75, 3.05) is 6.61 Å². The predicted octanol–water partition coefficient (Wildman–Crippen LogP) is 24.5. The Morgan fingerprint density at radius 3 is 1.13 bits per heavy atom. The normalized spacial score (nSPS) is 39.4. The zero-order chi connectivity index (χ0) is 86.2. The molecule has 33 atom stereocenters. The summed E-state index contributed by atoms with van der Waals surface area (Å²) in [4.78, 5) is 64.1. The highest BCUT2D eigenvalue weighted by Crippen LogP contribution is 2.62. The van der Waals surface area contributed by atoms with Gasteiger partial charge in [0.1, 0.15) is 28.5 Å². The number of carbonyl (C=O) groups is 5. The average molecular weight is 1840 g/mol. The van der Waals surface area contributed by atoms with Crippen molar-refractivity contribution in [3.8, 4) is 0 Å². The van der Waals surface area contributed by atoms with Gasteiger partial charge in [-0.05, 0) is 256 Å². The lowest BCUT2D eigenvalue weighted by Gasteiger charge is -2.38. The lowest BCUT2D eigenvalue weighted by Crippen LogP contribution is -2.45. The van der Waals surface area contributed by atoms with Gasteiger partial charge in [0.05, 0.1) is 135 Å². The first-order chi connectivity index (χ1) is 58.9. The van der Waals surface area contributed by atoms with Gasteiger partial charge < -0.3 is 76.2 Å². The van der Waals surface area contributed by atoms with Crippen molar-refractivity contribution >= 4 is 29.8 Å². The van der Waals surface area contributed by atoms with Crippen LogP contribution in [0.15, 0.2) is 0 Å². The fraction of sp³-hybridized carbons (Fsp3) is 0.954. The smallest absolute Gasteiger partial charge is 0.310 e. The van der Waals surface area contributed by atoms with E-state index in [-0.39, 0.29) is 234 Å². The Morgan fingerprint density at radius 2 is 0.731 bits per heavy atom. The molecule has 5 saturated carbocycles. The molecule has 0 spiro atoms. The molecule has 18 aliphatic rings. The molecule has 33 unspecified atom stereocenters. The van der Waals surface area contributed by atoms with Gasteiger partial charge >= 0.3 is 29.8 Å². The number of hydrogen-bond donors (Lipinski definition) is 1. The Balaban J connectivity index is 0.000000233. The highest BCUT2D eigenvalue weighted by Gasteiger charge is 2.68. The van der Waals surface area contributed by atoms with Gasteiger partial charge in [-0.15, -0.1) is 0 Å². The van der Waals surface area contributed by atoms with Crippen LogP contribution in [-0.2, 0) is 95.0 Å². The molecule has 18 fully saturated rings. The second-order valence-electron chi connectivity index (χ2n) is 42.4. The van der Waals surface area contributed by atoms with Crippen LogP contribution in [0.1, 0.15) is 432 Å². The number of hydrogen-bond acceptors (Lipinski definition) is 21. The zero-order valence-corrected chi connectivity index (χ0v) is 77.8. The Labute approximate surface area is 791 Å². The summed E-state index contributed by atoms with van der Waals surface area (Å²) in [7, 11) is 0. The van der Waals surface area contributed by atoms with Crippen molar-refractivity contribution in [3.63, 3.8) is 0 Å². The molecule has 8 bridgehead atoms. The lowest BCUT2D eigenvalue weighted by molar-refractivity contribution is -0.209. The Morgan fingerprint density at radius 1 is 0.385 bits per heavy atom. The summed E-state index contributed by atoms with van der Waals surface area (Å²) in [5, 5.41) is 11.3. The molecule has 758 valence electrons. The molecular weight excluding hydrogens is 1650 g/mol. The molecular formula is C109H196O21. The lowest BCUT2D eigenvalue weighted by atomic mass is 9.67. The van der Waals surface area contributed by atoms with Gasteiger partial charge in [-0.1, -0.05) is 162 Å². The van der Waals surface area contributed by atoms with Crippen molar-refractivity contribution in [3.05, 3.63) is 0 Å². The summed E-state index contributed by atoms with van der Waals surface area (Å²) in [5.41, 5.74) is -2.10. The maximum atomic E-state index is 13.2. The fourth-order valence-corrected chi connectivity index (χ4v) is 29.5. The third kappa shape index (κ3) is 23.5. The number of fused-ring (bicyclic) bond motifs is 20. The minimum Gasteiger partial charge on any atom is -0.462 e. The molecule has 13 saturated heterocycles. The highest BCUT2D eigenvalue weighted by molar-refractivity contribution is 5.74. The van der Waals surface area contributed by atoms with Crippen LogP contribution in [0.4, 0.5) is 0 Å². The molecule has 0 aromatic rings. The zero-order valence-electron chi connectivity index (χ0n) is 77.8. The minimum atomic E-state index is -1.05. The van der Waals surface area contributed by atoms with Gasteiger partial charge in [0.25, 0.3) is 0 Å². The molecule has 13 heterocycles. The summed E-state index contributed by atoms with van der Waals surface area (Å²) >= 11 is 0. The molecule has 18 rings (SSSR count). The van der Waals surface area contributed by atoms with E-state index in [1.54, 1.807) is 0 Å². The van der Waals surface area contributed by atoms with E-state index < -0.39 is 11.7 Å². The Kier molecular flexibility index (Phi) is 43.1. The summed E-state index contributed by atoms with van der Waals surface area (Å²) in [6.45, 7) is 30.1. The number of carbonyl (C=O) groups excluding carboxylic acids is 5. The third-order valence-electron chi connectivity index (χ3n) is 35.5. The number of aliphatic hydroxyl groups is 1. The largest absolute Gasteiger partial charge is 0.462 e. The van der Waals surface area contributed by atoms with Gasteiger partial charge in [0.2, 0.25) is 0 Å². The second kappa shape index (κ2) is 49.2. The SMILES string of the molecule is C.C.C.C.C.C.C.C.CCC1OC(CC)C2C3OC(CC3C(C)C(=O)OC3(CC)CCCCC3)C12.CCC1OC(CC)C2C3OC(CC3C(CC(=O)OC3(CC)CCCC3)OC(C)=O)C12.CCC1OC(CC)C2C3OC(CC3C(CC(=O)OC3(CC)CCCC3)OC3CCCCO3)C12.CCC1OC(CC)C2C3OC(CC3CC(C)(O)CC(=O)OC3(C4CCCC4)CCCC3)C12. The molecule has 5 aliphatic carbocycles. The molecule has 0 aromatic heterocycles. The van der Waals surface area contributed by atoms with Gasteiger partial charge in [-0.25, -0.2) is 0 Å². The van der Waals surface area contributed by atoms with Crippen molar-refractivity contribution < 1.29 is 100 Å². The summed E-state index contributed by atoms with van der Waals surface area (Å²) < 4.78 is 94.1. The summed E-state index contributed by atoms with van der Waals surface area (Å²) in [6.07, 6.45) is 44.7. The van der Waals surface area contributed by atoms with Crippen LogP contribution in [0.5, 0.6) is 0 Å². The van der Waals surface area contributed by atoms with Gasteiger partial charge in [-0.3, -0.25) is 24.0 Å². The molecule has 13 aliphatic heterocycles. The van der Waals surface area contributed by atoms with E-state index in [1.165, 1.54) is 51.9 Å². The number of esters is 5. The number of rotatable bonds is 31. The molecule has 21 nitrogen and oxygen atoms in total. The molecule has 130 heavy (non-hydrogen) atoms. The molecule has 0 amide bonds. The van der Waals surface area contributed by atoms with E-state index in [0.29, 0.717) is 96.4 Å². The average Bonchev–Trinajstić information content (AvgIpc) is 1.58. The van der Waals surface area contributed by atoms with Crippen LogP contribution in [-0.4, -0.2) is 186 Å². The molecule has 1 N–H and O–H groups in total. The Hall–Kier alpha value is -3.09. The number of ether oxygens (including phenoxy) is 15. The first-order valence-electron chi connectivity index (χ1n) is 51.2. The van der Waals surface area contributed by atoms with Crippen molar-refractivity contribution in [2.24, 2.45) is 82.9 Å². The van der Waals surface area contributed by atoms with Crippen molar-refractivity contribution in [2.45, 2.75) is 577 Å². The van der Waals surface area contributed by atoms with E-state index in [1.807, 2.05) is 6.92 Å². The first kappa shape index (κ1) is 114. The quantitative estimate of drug-likeness (QED) is 0.0501. The van der Waals surface area contributed by atoms with Crippen molar-refractivity contribution in [1.29, 1.82) is 0 Å². The molecule has 0 radical (unpaired) electrons. The van der Waals surface area contributed by atoms with E-state index >= 15 is 0 Å². The fourth-order valence-electron chi connectivity index (χ4n) is 29.5. The van der Waals surface area contributed by atoms with Crippen LogP contribution in [0.25, 0.3) is 0 Å². The first-order valence-corrected chi connectivity index (χ1v) is 51.2. The van der Waals surface area contributed by atoms with E-state index in [4.69, 9.17) is 71.1 Å². The van der Waals surface area contributed by atoms with Gasteiger partial charge in [0, 0.05) is 78.6 Å². The van der Waals surface area contributed by atoms with Crippen LogP contribution >= 0.6 is 0 Å². The van der Waals surface area contributed by atoms with Crippen molar-refractivity contribution in [1.82, 2.24) is 0 Å². The van der Waals surface area contributed by atoms with Crippen LogP contribution in [0, 0.1) is 82.9 Å². The predicted molar refractivity (Wildman–Crippen MR) is 515 cm³/mol. The second-order valence-corrected chi connectivity index (χ2v) is 42.4. The van der Waals surface area contributed by atoms with Gasteiger partial charge in [0.15, 0.2) is 6.29 Å². The van der Waals surface area contributed by atoms with Crippen LogP contribution in [0.2, 0.25) is 0 Å². The summed E-state index contributed by atoms with van der Waals surface area (Å²) in [6, 6.07) is 0. The summed E-state index contributed by atoms with van der Waals surface area (Å²) in [5.74, 6) is 3.97. The van der Waals surface area contributed by atoms with E-state index in [2.05, 4.69) is 83.1 Å². The minimum absolute atomic E-state index is 0. The highest BCUT2D eigenvalue weighted by atomic mass is 16.7. The topological polar surface area (TPSA) is 244 Å². The van der Waals surface area contributed by atoms with Crippen LogP contribution in [0.3, 0.4) is 0 Å².